The topological polar surface area (TPSA) is 33.7 Å². The molecule has 1 aromatic carbocycles. The Hall–Kier alpha value is -1.26. The van der Waals surface area contributed by atoms with Crippen LogP contribution in [0.1, 0.15) is 18.4 Å². The molecule has 0 amide bonds. The van der Waals surface area contributed by atoms with Gasteiger partial charge in [0, 0.05) is 5.54 Å². The number of benzene rings is 1. The van der Waals surface area contributed by atoms with Gasteiger partial charge in [-0.2, -0.15) is 0 Å². The molecule has 4 heteroatoms. The highest BCUT2D eigenvalue weighted by Crippen LogP contribution is 2.38. The molecule has 1 fully saturated rings. The van der Waals surface area contributed by atoms with E-state index in [1.54, 1.807) is 0 Å². The van der Waals surface area contributed by atoms with Crippen molar-refractivity contribution in [1.82, 2.24) is 10.2 Å². The summed E-state index contributed by atoms with van der Waals surface area (Å²) in [5.41, 5.74) is 1.38. The van der Waals surface area contributed by atoms with Crippen molar-refractivity contribution in [2.75, 3.05) is 40.4 Å². The van der Waals surface area contributed by atoms with Gasteiger partial charge in [0.1, 0.15) is 13.2 Å². The highest BCUT2D eigenvalue weighted by atomic mass is 16.6. The fraction of sp³-hybridized carbons (Fsp3) is 0.600. The molecule has 0 radical (unpaired) electrons. The van der Waals surface area contributed by atoms with E-state index < -0.39 is 0 Å². The summed E-state index contributed by atoms with van der Waals surface area (Å²) in [7, 11) is 4.24. The maximum Gasteiger partial charge on any atom is 0.161 e. The van der Waals surface area contributed by atoms with Crippen molar-refractivity contribution >= 4 is 0 Å². The normalized spacial score (nSPS) is 22.2. The molecular formula is C15H22N2O2. The number of piperidine rings is 1. The zero-order valence-corrected chi connectivity index (χ0v) is 11.7. The van der Waals surface area contributed by atoms with Gasteiger partial charge in [0.25, 0.3) is 0 Å². The summed E-state index contributed by atoms with van der Waals surface area (Å²) in [5.74, 6) is 1.76. The van der Waals surface area contributed by atoms with Gasteiger partial charge >= 0.3 is 0 Å². The van der Waals surface area contributed by atoms with Crippen molar-refractivity contribution in [3.63, 3.8) is 0 Å². The summed E-state index contributed by atoms with van der Waals surface area (Å²) in [6.07, 6.45) is 2.25. The minimum atomic E-state index is 0.0718. The number of nitrogens with zero attached hydrogens (tertiary/aromatic N) is 1. The van der Waals surface area contributed by atoms with E-state index in [-0.39, 0.29) is 5.54 Å². The quantitative estimate of drug-likeness (QED) is 0.878. The second kappa shape index (κ2) is 5.02. The minimum Gasteiger partial charge on any atom is -0.486 e. The van der Waals surface area contributed by atoms with Gasteiger partial charge in [0.2, 0.25) is 0 Å². The molecule has 2 heterocycles. The lowest BCUT2D eigenvalue weighted by atomic mass is 9.81. The van der Waals surface area contributed by atoms with Crippen LogP contribution in [0.3, 0.4) is 0 Å². The van der Waals surface area contributed by atoms with Gasteiger partial charge in [-0.1, -0.05) is 6.07 Å². The van der Waals surface area contributed by atoms with E-state index in [0.29, 0.717) is 13.2 Å². The standard InChI is InChI=1S/C15H22N2O2/c1-16-15(5-7-17(2)8-6-15)12-3-4-13-14(11-12)19-10-9-18-13/h3-4,11,16H,5-10H2,1-2H3. The maximum absolute atomic E-state index is 5.70. The van der Waals surface area contributed by atoms with Crippen molar-refractivity contribution in [1.29, 1.82) is 0 Å². The van der Waals surface area contributed by atoms with Gasteiger partial charge in [-0.25, -0.2) is 0 Å². The lowest BCUT2D eigenvalue weighted by molar-refractivity contribution is 0.158. The smallest absolute Gasteiger partial charge is 0.161 e. The monoisotopic (exact) mass is 262 g/mol. The van der Waals surface area contributed by atoms with Crippen LogP contribution in [0, 0.1) is 0 Å². The van der Waals surface area contributed by atoms with E-state index in [1.807, 2.05) is 6.07 Å². The van der Waals surface area contributed by atoms with Gasteiger partial charge < -0.3 is 19.7 Å². The Morgan fingerprint density at radius 2 is 1.79 bits per heavy atom. The largest absolute Gasteiger partial charge is 0.486 e. The first-order valence-electron chi connectivity index (χ1n) is 7.01. The van der Waals surface area contributed by atoms with Crippen LogP contribution in [0.5, 0.6) is 11.5 Å². The number of rotatable bonds is 2. The first-order chi connectivity index (χ1) is 9.23. The molecule has 0 saturated carbocycles. The van der Waals surface area contributed by atoms with Crippen molar-refractivity contribution in [3.8, 4) is 11.5 Å². The van der Waals surface area contributed by atoms with E-state index in [9.17, 15) is 0 Å². The zero-order valence-electron chi connectivity index (χ0n) is 11.7. The molecule has 0 unspecified atom stereocenters. The number of hydrogen-bond acceptors (Lipinski definition) is 4. The molecule has 1 N–H and O–H groups in total. The van der Waals surface area contributed by atoms with Crippen LogP contribution in [0.15, 0.2) is 18.2 Å². The van der Waals surface area contributed by atoms with Crippen molar-refractivity contribution in [2.24, 2.45) is 0 Å². The Morgan fingerprint density at radius 3 is 2.47 bits per heavy atom. The molecule has 2 aliphatic rings. The Kier molecular flexibility index (Phi) is 3.37. The van der Waals surface area contributed by atoms with E-state index in [0.717, 1.165) is 37.4 Å². The summed E-state index contributed by atoms with van der Waals surface area (Å²) in [5, 5.41) is 3.54. The predicted octanol–water partition coefficient (Wildman–Crippen LogP) is 1.60. The molecule has 0 aliphatic carbocycles. The van der Waals surface area contributed by atoms with Crippen molar-refractivity contribution in [3.05, 3.63) is 23.8 Å². The third kappa shape index (κ3) is 2.30. The highest BCUT2D eigenvalue weighted by molar-refractivity contribution is 5.46. The van der Waals surface area contributed by atoms with Gasteiger partial charge in [0.15, 0.2) is 11.5 Å². The van der Waals surface area contributed by atoms with Crippen molar-refractivity contribution < 1.29 is 9.47 Å². The molecular weight excluding hydrogens is 240 g/mol. The molecule has 0 bridgehead atoms. The molecule has 0 atom stereocenters. The Labute approximate surface area is 114 Å². The number of likely N-dealkylation sites (tertiary alicyclic amines) is 1. The summed E-state index contributed by atoms with van der Waals surface area (Å²) >= 11 is 0. The Bertz CT molecular complexity index is 453. The molecule has 1 saturated heterocycles. The van der Waals surface area contributed by atoms with Crippen LogP contribution < -0.4 is 14.8 Å². The minimum absolute atomic E-state index is 0.0718. The Morgan fingerprint density at radius 1 is 1.11 bits per heavy atom. The second-order valence-electron chi connectivity index (χ2n) is 5.49. The van der Waals surface area contributed by atoms with Crippen LogP contribution in [-0.2, 0) is 5.54 Å². The number of fused-ring (bicyclic) bond motifs is 1. The first kappa shape index (κ1) is 12.8. The Balaban J connectivity index is 1.91. The van der Waals surface area contributed by atoms with E-state index in [2.05, 4.69) is 36.4 Å². The molecule has 4 nitrogen and oxygen atoms in total. The van der Waals surface area contributed by atoms with Crippen molar-refractivity contribution in [2.45, 2.75) is 18.4 Å². The van der Waals surface area contributed by atoms with E-state index in [4.69, 9.17) is 9.47 Å². The molecule has 3 rings (SSSR count). The lowest BCUT2D eigenvalue weighted by Gasteiger charge is -2.41. The zero-order chi connectivity index (χ0) is 13.3. The van der Waals surface area contributed by atoms with Gasteiger partial charge in [-0.3, -0.25) is 0 Å². The maximum atomic E-state index is 5.70. The molecule has 0 spiro atoms. The fourth-order valence-corrected chi connectivity index (χ4v) is 3.02. The second-order valence-corrected chi connectivity index (χ2v) is 5.49. The summed E-state index contributed by atoms with van der Waals surface area (Å²) in [6.45, 7) is 3.53. The average Bonchev–Trinajstić information content (AvgIpc) is 2.48. The van der Waals surface area contributed by atoms with Gasteiger partial charge in [-0.05, 0) is 57.7 Å². The van der Waals surface area contributed by atoms with Crippen LogP contribution in [-0.4, -0.2) is 45.3 Å². The summed E-state index contributed by atoms with van der Waals surface area (Å²) in [4.78, 5) is 2.38. The number of ether oxygens (including phenoxy) is 2. The lowest BCUT2D eigenvalue weighted by Crippen LogP contribution is -2.48. The van der Waals surface area contributed by atoms with Gasteiger partial charge in [0.05, 0.1) is 0 Å². The number of hydrogen-bond donors (Lipinski definition) is 1. The van der Waals surface area contributed by atoms with Crippen LogP contribution in [0.2, 0.25) is 0 Å². The summed E-state index contributed by atoms with van der Waals surface area (Å²) < 4.78 is 11.3. The highest BCUT2D eigenvalue weighted by Gasteiger charge is 2.34. The number of nitrogens with one attached hydrogen (secondary N) is 1. The fourth-order valence-electron chi connectivity index (χ4n) is 3.02. The molecule has 1 aromatic rings. The molecule has 0 aromatic heterocycles. The third-order valence-electron chi connectivity index (χ3n) is 4.41. The van der Waals surface area contributed by atoms with E-state index in [1.165, 1.54) is 5.56 Å². The van der Waals surface area contributed by atoms with Crippen LogP contribution in [0.25, 0.3) is 0 Å². The molecule has 2 aliphatic heterocycles. The van der Waals surface area contributed by atoms with Crippen LogP contribution in [0.4, 0.5) is 0 Å². The first-order valence-corrected chi connectivity index (χ1v) is 7.01. The van der Waals surface area contributed by atoms with Crippen LogP contribution >= 0.6 is 0 Å². The molecule has 19 heavy (non-hydrogen) atoms. The molecule has 104 valence electrons. The van der Waals surface area contributed by atoms with E-state index >= 15 is 0 Å². The third-order valence-corrected chi connectivity index (χ3v) is 4.41. The summed E-state index contributed by atoms with van der Waals surface area (Å²) in [6, 6.07) is 6.37. The SMILES string of the molecule is CNC1(c2ccc3c(c2)OCCO3)CCN(C)CC1. The average molecular weight is 262 g/mol. The van der Waals surface area contributed by atoms with Gasteiger partial charge in [-0.15, -0.1) is 0 Å². The predicted molar refractivity (Wildman–Crippen MR) is 74.9 cm³/mol.